The van der Waals surface area contributed by atoms with Crippen molar-refractivity contribution < 1.29 is 13.9 Å². The van der Waals surface area contributed by atoms with Gasteiger partial charge in [-0.1, -0.05) is 40.9 Å². The second-order valence-electron chi connectivity index (χ2n) is 6.54. The molecule has 156 valence electrons. The largest absolute Gasteiger partial charge is 0.497 e. The minimum absolute atomic E-state index is 0.130. The number of halogens is 3. The number of hydrogen-bond acceptors (Lipinski definition) is 4. The van der Waals surface area contributed by atoms with E-state index in [0.29, 0.717) is 43.2 Å². The molecule has 1 N–H and O–H groups in total. The van der Waals surface area contributed by atoms with E-state index >= 15 is 0 Å². The van der Waals surface area contributed by atoms with Gasteiger partial charge in [0, 0.05) is 21.5 Å². The number of nitrogens with one attached hydrogen (secondary N) is 1. The number of anilines is 1. The van der Waals surface area contributed by atoms with Gasteiger partial charge in [0.15, 0.2) is 0 Å². The molecule has 0 radical (unpaired) electrons. The van der Waals surface area contributed by atoms with Crippen molar-refractivity contribution in [2.45, 2.75) is 0 Å². The van der Waals surface area contributed by atoms with Gasteiger partial charge in [-0.25, -0.2) is 4.99 Å². The number of hydrogen-bond donors (Lipinski definition) is 1. The van der Waals surface area contributed by atoms with Crippen molar-refractivity contribution in [2.24, 2.45) is 4.99 Å². The highest BCUT2D eigenvalue weighted by molar-refractivity contribution is 6.36. The van der Waals surface area contributed by atoms with Crippen LogP contribution in [0.3, 0.4) is 0 Å². The Balaban J connectivity index is 1.85. The molecule has 0 unspecified atom stereocenters. The zero-order chi connectivity index (χ0) is 22.0. The maximum atomic E-state index is 13.1. The van der Waals surface area contributed by atoms with Crippen molar-refractivity contribution in [1.82, 2.24) is 0 Å². The molecule has 5 nitrogen and oxygen atoms in total. The Morgan fingerprint density at radius 3 is 2.52 bits per heavy atom. The van der Waals surface area contributed by atoms with Gasteiger partial charge in [0.2, 0.25) is 5.55 Å². The maximum Gasteiger partial charge on any atom is 0.261 e. The molecule has 1 amide bonds. The van der Waals surface area contributed by atoms with E-state index in [-0.39, 0.29) is 11.1 Å². The fourth-order valence-corrected chi connectivity index (χ4v) is 3.56. The molecule has 8 heteroatoms. The van der Waals surface area contributed by atoms with Crippen molar-refractivity contribution in [2.75, 3.05) is 12.4 Å². The average molecular weight is 474 g/mol. The first-order chi connectivity index (χ1) is 14.9. The summed E-state index contributed by atoms with van der Waals surface area (Å²) in [5.41, 5.74) is 1.85. The number of fused-ring (bicyclic) bond motifs is 1. The summed E-state index contributed by atoms with van der Waals surface area (Å²) < 4.78 is 11.2. The summed E-state index contributed by atoms with van der Waals surface area (Å²) in [5.74, 6) is 0.185. The maximum absolute atomic E-state index is 13.1. The van der Waals surface area contributed by atoms with E-state index in [1.807, 2.05) is 0 Å². The van der Waals surface area contributed by atoms with Gasteiger partial charge in [0.05, 0.1) is 23.5 Å². The molecule has 31 heavy (non-hydrogen) atoms. The van der Waals surface area contributed by atoms with Crippen molar-refractivity contribution in [1.29, 1.82) is 0 Å². The Kier molecular flexibility index (Phi) is 6.18. The highest BCUT2D eigenvalue weighted by Gasteiger charge is 2.15. The molecule has 0 saturated carbocycles. The van der Waals surface area contributed by atoms with Crippen LogP contribution in [0.15, 0.2) is 76.1 Å². The van der Waals surface area contributed by atoms with Crippen LogP contribution in [0.25, 0.3) is 11.0 Å². The predicted molar refractivity (Wildman–Crippen MR) is 124 cm³/mol. The molecule has 0 bridgehead atoms. The lowest BCUT2D eigenvalue weighted by Gasteiger charge is -2.09. The lowest BCUT2D eigenvalue weighted by Crippen LogP contribution is -2.21. The van der Waals surface area contributed by atoms with E-state index in [1.165, 1.54) is 0 Å². The summed E-state index contributed by atoms with van der Waals surface area (Å²) >= 11 is 18.3. The lowest BCUT2D eigenvalue weighted by atomic mass is 10.1. The highest BCUT2D eigenvalue weighted by atomic mass is 35.5. The van der Waals surface area contributed by atoms with Gasteiger partial charge < -0.3 is 14.5 Å². The molecule has 0 aliphatic carbocycles. The Bertz CT molecular complexity index is 1370. The number of methoxy groups -OCH3 is 1. The van der Waals surface area contributed by atoms with Crippen molar-refractivity contribution >= 4 is 63.1 Å². The third-order valence-electron chi connectivity index (χ3n) is 4.42. The molecule has 0 spiro atoms. The fraction of sp³-hybridized carbons (Fsp3) is 0.0435. The standard InChI is InChI=1S/C23H15Cl3N2O3/c1-30-17-4-2-3-16(12-17)27-23-18(10-13-9-14(24)6-8-21(13)31-23)22(29)28-20-7-5-15(25)11-19(20)26/h2-12H,1H3,(H,28,29). The van der Waals surface area contributed by atoms with Crippen LogP contribution in [0.5, 0.6) is 5.75 Å². The van der Waals surface area contributed by atoms with Gasteiger partial charge >= 0.3 is 0 Å². The summed E-state index contributed by atoms with van der Waals surface area (Å²) in [5, 5.41) is 4.73. The summed E-state index contributed by atoms with van der Waals surface area (Å²) in [7, 11) is 1.57. The molecular formula is C23H15Cl3N2O3. The molecule has 0 aliphatic rings. The van der Waals surface area contributed by atoms with Gasteiger partial charge in [-0.05, 0) is 54.6 Å². The molecule has 4 rings (SSSR count). The quantitative estimate of drug-likeness (QED) is 0.351. The second kappa shape index (κ2) is 9.02. The Morgan fingerprint density at radius 1 is 0.968 bits per heavy atom. The first kappa shape index (κ1) is 21.2. The third-order valence-corrected chi connectivity index (χ3v) is 5.20. The van der Waals surface area contributed by atoms with E-state index < -0.39 is 5.91 Å². The summed E-state index contributed by atoms with van der Waals surface area (Å²) in [6.45, 7) is 0. The van der Waals surface area contributed by atoms with Crippen LogP contribution in [0.2, 0.25) is 15.1 Å². The smallest absolute Gasteiger partial charge is 0.261 e. The molecule has 0 aliphatic heterocycles. The number of nitrogens with zero attached hydrogens (tertiary/aromatic N) is 1. The topological polar surface area (TPSA) is 63.8 Å². The summed E-state index contributed by atoms with van der Waals surface area (Å²) in [6, 6.07) is 18.7. The molecule has 0 atom stereocenters. The normalized spacial score (nSPS) is 11.5. The van der Waals surface area contributed by atoms with Gasteiger partial charge in [-0.3, -0.25) is 4.79 Å². The average Bonchev–Trinajstić information content (AvgIpc) is 2.75. The van der Waals surface area contributed by atoms with Crippen molar-refractivity contribution in [3.63, 3.8) is 0 Å². The van der Waals surface area contributed by atoms with E-state index in [4.69, 9.17) is 44.0 Å². The zero-order valence-electron chi connectivity index (χ0n) is 16.2. The zero-order valence-corrected chi connectivity index (χ0v) is 18.4. The summed E-state index contributed by atoms with van der Waals surface area (Å²) in [6.07, 6.45) is 0. The minimum Gasteiger partial charge on any atom is -0.497 e. The van der Waals surface area contributed by atoms with Gasteiger partial charge in [-0.15, -0.1) is 0 Å². The van der Waals surface area contributed by atoms with Crippen LogP contribution >= 0.6 is 34.8 Å². The molecule has 1 heterocycles. The Labute approximate surface area is 192 Å². The number of carbonyl (C=O) groups excluding carboxylic acids is 1. The minimum atomic E-state index is -0.448. The van der Waals surface area contributed by atoms with Crippen LogP contribution in [0.4, 0.5) is 11.4 Å². The molecular weight excluding hydrogens is 459 g/mol. The first-order valence-electron chi connectivity index (χ1n) is 9.11. The van der Waals surface area contributed by atoms with E-state index in [1.54, 1.807) is 73.8 Å². The predicted octanol–water partition coefficient (Wildman–Crippen LogP) is 6.89. The van der Waals surface area contributed by atoms with Crippen LogP contribution < -0.4 is 15.6 Å². The SMILES string of the molecule is COc1cccc(N=c2oc3ccc(Cl)cc3cc2C(=O)Nc2ccc(Cl)cc2Cl)c1. The highest BCUT2D eigenvalue weighted by Crippen LogP contribution is 2.26. The van der Waals surface area contributed by atoms with Crippen LogP contribution in [0.1, 0.15) is 10.4 Å². The number of benzene rings is 3. The van der Waals surface area contributed by atoms with Gasteiger partial charge in [-0.2, -0.15) is 0 Å². The first-order valence-corrected chi connectivity index (χ1v) is 10.2. The van der Waals surface area contributed by atoms with Crippen LogP contribution in [-0.4, -0.2) is 13.0 Å². The fourth-order valence-electron chi connectivity index (χ4n) is 2.92. The summed E-state index contributed by atoms with van der Waals surface area (Å²) in [4.78, 5) is 17.7. The van der Waals surface area contributed by atoms with E-state index in [0.717, 1.165) is 0 Å². The number of carbonyl (C=O) groups is 1. The van der Waals surface area contributed by atoms with E-state index in [9.17, 15) is 4.79 Å². The van der Waals surface area contributed by atoms with E-state index in [2.05, 4.69) is 10.3 Å². The molecule has 1 aromatic heterocycles. The number of rotatable bonds is 4. The lowest BCUT2D eigenvalue weighted by molar-refractivity contribution is 0.102. The second-order valence-corrected chi connectivity index (χ2v) is 7.82. The molecule has 4 aromatic rings. The molecule has 0 saturated heterocycles. The third kappa shape index (κ3) is 4.85. The van der Waals surface area contributed by atoms with Crippen LogP contribution in [-0.2, 0) is 0 Å². The van der Waals surface area contributed by atoms with Crippen LogP contribution in [0, 0.1) is 0 Å². The Hall–Kier alpha value is -2.99. The number of ether oxygens (including phenoxy) is 1. The monoisotopic (exact) mass is 472 g/mol. The molecule has 3 aromatic carbocycles. The Morgan fingerprint density at radius 2 is 1.74 bits per heavy atom. The van der Waals surface area contributed by atoms with Crippen molar-refractivity contribution in [3.05, 3.63) is 92.9 Å². The van der Waals surface area contributed by atoms with Gasteiger partial charge in [0.1, 0.15) is 16.9 Å². The number of amides is 1. The van der Waals surface area contributed by atoms with Crippen molar-refractivity contribution in [3.8, 4) is 5.75 Å². The molecule has 0 fully saturated rings. The van der Waals surface area contributed by atoms with Gasteiger partial charge in [0.25, 0.3) is 5.91 Å².